The Morgan fingerprint density at radius 1 is 1.38 bits per heavy atom. The summed E-state index contributed by atoms with van der Waals surface area (Å²) in [4.78, 5) is 18.2. The van der Waals surface area contributed by atoms with E-state index in [9.17, 15) is 4.79 Å². The highest BCUT2D eigenvalue weighted by atomic mass is 79.9. The van der Waals surface area contributed by atoms with Crippen LogP contribution < -0.4 is 10.6 Å². The molecule has 21 heavy (non-hydrogen) atoms. The van der Waals surface area contributed by atoms with Gasteiger partial charge in [-0.3, -0.25) is 9.78 Å². The van der Waals surface area contributed by atoms with Crippen molar-refractivity contribution in [1.82, 2.24) is 14.6 Å². The molecule has 0 atom stereocenters. The number of aromatic nitrogens is 3. The molecule has 106 valence electrons. The Labute approximate surface area is 129 Å². The lowest BCUT2D eigenvalue weighted by molar-refractivity contribution is 0.0994. The number of nitrogens with zero attached hydrogens (tertiary/aromatic N) is 4. The molecule has 3 rings (SSSR count). The van der Waals surface area contributed by atoms with E-state index < -0.39 is 0 Å². The third-order valence-corrected chi connectivity index (χ3v) is 3.70. The second kappa shape index (κ2) is 5.17. The van der Waals surface area contributed by atoms with E-state index in [1.807, 2.05) is 6.07 Å². The minimum Gasteiger partial charge on any atom is -0.397 e. The van der Waals surface area contributed by atoms with Gasteiger partial charge in [0.05, 0.1) is 34.8 Å². The molecular formula is C14H12BrN5O. The lowest BCUT2D eigenvalue weighted by Gasteiger charge is -2.18. The smallest absolute Gasteiger partial charge is 0.261 e. The summed E-state index contributed by atoms with van der Waals surface area (Å²) in [5.74, 6) is -0.188. The first-order chi connectivity index (χ1) is 10.1. The highest BCUT2D eigenvalue weighted by Gasteiger charge is 2.19. The highest BCUT2D eigenvalue weighted by molar-refractivity contribution is 9.10. The van der Waals surface area contributed by atoms with Gasteiger partial charge in [-0.1, -0.05) is 15.9 Å². The Morgan fingerprint density at radius 3 is 2.95 bits per heavy atom. The molecule has 0 fully saturated rings. The Balaban J connectivity index is 2.01. The second-order valence-corrected chi connectivity index (χ2v) is 5.45. The number of hydrogen-bond acceptors (Lipinski definition) is 4. The van der Waals surface area contributed by atoms with E-state index in [4.69, 9.17) is 5.73 Å². The molecule has 0 saturated heterocycles. The van der Waals surface area contributed by atoms with E-state index >= 15 is 0 Å². The zero-order valence-electron chi connectivity index (χ0n) is 11.2. The molecule has 7 heteroatoms. The van der Waals surface area contributed by atoms with E-state index in [-0.39, 0.29) is 5.91 Å². The van der Waals surface area contributed by atoms with E-state index in [2.05, 4.69) is 26.0 Å². The predicted octanol–water partition coefficient (Wildman–Crippen LogP) is 2.35. The molecule has 6 nitrogen and oxygen atoms in total. The fourth-order valence-electron chi connectivity index (χ4n) is 2.12. The number of fused-ring (bicyclic) bond motifs is 1. The minimum absolute atomic E-state index is 0.188. The van der Waals surface area contributed by atoms with Crippen molar-refractivity contribution < 1.29 is 4.79 Å². The van der Waals surface area contributed by atoms with Crippen LogP contribution in [0.5, 0.6) is 0 Å². The fraction of sp³-hybridized carbons (Fsp3) is 0.0714. The summed E-state index contributed by atoms with van der Waals surface area (Å²) in [7, 11) is 1.68. The van der Waals surface area contributed by atoms with Crippen molar-refractivity contribution in [3.05, 3.63) is 53.0 Å². The van der Waals surface area contributed by atoms with Crippen molar-refractivity contribution in [3.8, 4) is 0 Å². The number of halogens is 1. The van der Waals surface area contributed by atoms with E-state index in [0.717, 1.165) is 4.47 Å². The largest absolute Gasteiger partial charge is 0.397 e. The molecule has 0 aliphatic carbocycles. The van der Waals surface area contributed by atoms with Crippen LogP contribution in [-0.4, -0.2) is 27.6 Å². The molecule has 0 aliphatic heterocycles. The van der Waals surface area contributed by atoms with Gasteiger partial charge in [0.15, 0.2) is 0 Å². The lowest BCUT2D eigenvalue weighted by atomic mass is 10.2. The molecule has 0 saturated carbocycles. The first-order valence-corrected chi connectivity index (χ1v) is 6.97. The molecule has 0 unspecified atom stereocenters. The Morgan fingerprint density at radius 2 is 2.19 bits per heavy atom. The number of carbonyl (C=O) groups is 1. The number of hydrogen-bond donors (Lipinski definition) is 1. The maximum atomic E-state index is 12.6. The zero-order valence-corrected chi connectivity index (χ0v) is 12.8. The number of amides is 1. The maximum absolute atomic E-state index is 12.6. The summed E-state index contributed by atoms with van der Waals surface area (Å²) < 4.78 is 2.48. The Kier molecular flexibility index (Phi) is 3.34. The van der Waals surface area contributed by atoms with Crippen molar-refractivity contribution in [2.45, 2.75) is 0 Å². The van der Waals surface area contributed by atoms with Gasteiger partial charge in [-0.05, 0) is 18.2 Å². The molecule has 1 amide bonds. The monoisotopic (exact) mass is 345 g/mol. The van der Waals surface area contributed by atoms with Gasteiger partial charge >= 0.3 is 0 Å². The number of rotatable bonds is 2. The van der Waals surface area contributed by atoms with Crippen molar-refractivity contribution in [1.29, 1.82) is 0 Å². The average Bonchev–Trinajstić information content (AvgIpc) is 2.90. The van der Waals surface area contributed by atoms with Crippen LogP contribution in [-0.2, 0) is 0 Å². The van der Waals surface area contributed by atoms with Crippen molar-refractivity contribution in [2.75, 3.05) is 17.7 Å². The van der Waals surface area contributed by atoms with E-state index in [1.54, 1.807) is 42.3 Å². The number of anilines is 2. The molecule has 2 N–H and O–H groups in total. The average molecular weight is 346 g/mol. The SMILES string of the molecule is CN(C(=O)c1cnn2ccncc12)c1ccc(Br)cc1N. The summed E-state index contributed by atoms with van der Waals surface area (Å²) in [5.41, 5.74) is 8.27. The summed E-state index contributed by atoms with van der Waals surface area (Å²) in [6.07, 6.45) is 6.45. The predicted molar refractivity (Wildman–Crippen MR) is 84.3 cm³/mol. The van der Waals surface area contributed by atoms with Gasteiger partial charge < -0.3 is 10.6 Å². The molecule has 0 aliphatic rings. The zero-order chi connectivity index (χ0) is 15.0. The highest BCUT2D eigenvalue weighted by Crippen LogP contribution is 2.27. The quantitative estimate of drug-likeness (QED) is 0.723. The van der Waals surface area contributed by atoms with Gasteiger partial charge in [0.25, 0.3) is 5.91 Å². The number of nitrogen functional groups attached to an aromatic ring is 1. The summed E-state index contributed by atoms with van der Waals surface area (Å²) >= 11 is 3.35. The normalized spacial score (nSPS) is 10.8. The van der Waals surface area contributed by atoms with Crippen LogP contribution in [0.2, 0.25) is 0 Å². The molecule has 0 spiro atoms. The third kappa shape index (κ3) is 2.36. The van der Waals surface area contributed by atoms with Gasteiger partial charge in [-0.2, -0.15) is 5.10 Å². The Bertz CT molecular complexity index is 829. The summed E-state index contributed by atoms with van der Waals surface area (Å²) in [5, 5.41) is 4.14. The van der Waals surface area contributed by atoms with Crippen LogP contribution >= 0.6 is 15.9 Å². The molecule has 2 aromatic heterocycles. The van der Waals surface area contributed by atoms with Crippen LogP contribution in [0.4, 0.5) is 11.4 Å². The van der Waals surface area contributed by atoms with Crippen molar-refractivity contribution >= 4 is 38.7 Å². The first kappa shape index (κ1) is 13.6. The van der Waals surface area contributed by atoms with Crippen LogP contribution in [0.3, 0.4) is 0 Å². The van der Waals surface area contributed by atoms with E-state index in [1.165, 1.54) is 11.1 Å². The Hall–Kier alpha value is -2.41. The van der Waals surface area contributed by atoms with Crippen LogP contribution in [0.25, 0.3) is 5.52 Å². The number of carbonyl (C=O) groups excluding carboxylic acids is 1. The fourth-order valence-corrected chi connectivity index (χ4v) is 2.50. The number of benzene rings is 1. The molecule has 1 aromatic carbocycles. The van der Waals surface area contributed by atoms with Crippen LogP contribution in [0.15, 0.2) is 47.5 Å². The van der Waals surface area contributed by atoms with Crippen LogP contribution in [0, 0.1) is 0 Å². The maximum Gasteiger partial charge on any atom is 0.261 e. The molecule has 2 heterocycles. The summed E-state index contributed by atoms with van der Waals surface area (Å²) in [6.45, 7) is 0. The van der Waals surface area contributed by atoms with Gasteiger partial charge in [-0.25, -0.2) is 4.52 Å². The van der Waals surface area contributed by atoms with E-state index in [0.29, 0.717) is 22.5 Å². The van der Waals surface area contributed by atoms with Gasteiger partial charge in [0.1, 0.15) is 0 Å². The van der Waals surface area contributed by atoms with Crippen LogP contribution in [0.1, 0.15) is 10.4 Å². The first-order valence-electron chi connectivity index (χ1n) is 6.18. The number of nitrogens with two attached hydrogens (primary N) is 1. The van der Waals surface area contributed by atoms with Crippen molar-refractivity contribution in [3.63, 3.8) is 0 Å². The lowest BCUT2D eigenvalue weighted by Crippen LogP contribution is -2.26. The topological polar surface area (TPSA) is 76.5 Å². The molecular weight excluding hydrogens is 334 g/mol. The molecule has 3 aromatic rings. The van der Waals surface area contributed by atoms with Crippen molar-refractivity contribution in [2.24, 2.45) is 0 Å². The van der Waals surface area contributed by atoms with Gasteiger partial charge in [-0.15, -0.1) is 0 Å². The molecule has 0 bridgehead atoms. The standard InChI is InChI=1S/C14H12BrN5O/c1-19(12-3-2-9(15)6-11(12)16)14(21)10-7-18-20-5-4-17-8-13(10)20/h2-8H,16H2,1H3. The minimum atomic E-state index is -0.188. The second-order valence-electron chi connectivity index (χ2n) is 4.53. The molecule has 0 radical (unpaired) electrons. The summed E-state index contributed by atoms with van der Waals surface area (Å²) in [6, 6.07) is 5.39. The third-order valence-electron chi connectivity index (χ3n) is 3.21. The van der Waals surface area contributed by atoms with Gasteiger partial charge in [0, 0.05) is 23.9 Å². The van der Waals surface area contributed by atoms with Gasteiger partial charge in [0.2, 0.25) is 0 Å².